The molecule has 0 heterocycles. The molecule has 136 valence electrons. The third kappa shape index (κ3) is 3.23. The molecule has 0 spiro atoms. The lowest BCUT2D eigenvalue weighted by atomic mass is 9.49. The van der Waals surface area contributed by atoms with Crippen molar-refractivity contribution in [2.24, 2.45) is 23.2 Å². The van der Waals surface area contributed by atoms with E-state index in [0.717, 1.165) is 24.3 Å². The molecule has 0 aromatic heterocycles. The lowest BCUT2D eigenvalue weighted by molar-refractivity contribution is -0.0629. The summed E-state index contributed by atoms with van der Waals surface area (Å²) in [6.45, 7) is 0.804. The Morgan fingerprint density at radius 2 is 1.68 bits per heavy atom. The summed E-state index contributed by atoms with van der Waals surface area (Å²) in [6, 6.07) is 6.43. The Morgan fingerprint density at radius 3 is 2.20 bits per heavy atom. The number of rotatable bonds is 4. The van der Waals surface area contributed by atoms with Gasteiger partial charge in [0, 0.05) is 25.4 Å². The van der Waals surface area contributed by atoms with E-state index in [0.29, 0.717) is 11.0 Å². The second-order valence-corrected chi connectivity index (χ2v) is 10.9. The third-order valence-corrected chi connectivity index (χ3v) is 7.70. The fourth-order valence-electron chi connectivity index (χ4n) is 6.14. The Kier molecular flexibility index (Phi) is 3.98. The maximum absolute atomic E-state index is 12.9. The molecular weight excluding hydrogens is 334 g/mol. The number of amides is 1. The van der Waals surface area contributed by atoms with Crippen molar-refractivity contribution in [1.82, 2.24) is 4.90 Å². The van der Waals surface area contributed by atoms with Crippen LogP contribution in [-0.4, -0.2) is 39.1 Å². The quantitative estimate of drug-likeness (QED) is 0.826. The molecule has 4 nitrogen and oxygen atoms in total. The van der Waals surface area contributed by atoms with E-state index in [4.69, 9.17) is 0 Å². The Hall–Kier alpha value is -1.36. The maximum atomic E-state index is 12.9. The maximum Gasteiger partial charge on any atom is 0.253 e. The van der Waals surface area contributed by atoms with Gasteiger partial charge in [0.1, 0.15) is 0 Å². The summed E-state index contributed by atoms with van der Waals surface area (Å²) in [4.78, 5) is 14.9. The highest BCUT2D eigenvalue weighted by Gasteiger charge is 2.51. The van der Waals surface area contributed by atoms with Crippen LogP contribution in [0.4, 0.5) is 0 Å². The van der Waals surface area contributed by atoms with Crippen LogP contribution in [0.3, 0.4) is 0 Å². The fraction of sp³-hybridized carbons (Fsp3) is 0.650. The number of hydrogen-bond donors (Lipinski definition) is 0. The average molecular weight is 362 g/mol. The summed E-state index contributed by atoms with van der Waals surface area (Å²) >= 11 is 0. The predicted molar refractivity (Wildman–Crippen MR) is 97.1 cm³/mol. The molecule has 5 heteroatoms. The van der Waals surface area contributed by atoms with E-state index in [2.05, 4.69) is 0 Å². The second kappa shape index (κ2) is 5.83. The standard InChI is InChI=1S/C20H27NO3S/c1-21(19(22)17-4-3-5-18(9-17)25(2,23)24)13-20-10-14-6-15(11-20)8-16(7-14)12-20/h3-5,9,14-16H,6-8,10-13H2,1-2H3. The molecular formula is C20H27NO3S. The van der Waals surface area contributed by atoms with Crippen molar-refractivity contribution in [2.75, 3.05) is 19.8 Å². The van der Waals surface area contributed by atoms with Gasteiger partial charge in [0.25, 0.3) is 5.91 Å². The molecule has 0 saturated heterocycles. The van der Waals surface area contributed by atoms with Crippen molar-refractivity contribution >= 4 is 15.7 Å². The lowest BCUT2D eigenvalue weighted by Crippen LogP contribution is -2.51. The second-order valence-electron chi connectivity index (χ2n) is 8.88. The third-order valence-electron chi connectivity index (χ3n) is 6.59. The number of carbonyl (C=O) groups is 1. The van der Waals surface area contributed by atoms with Gasteiger partial charge >= 0.3 is 0 Å². The highest BCUT2D eigenvalue weighted by atomic mass is 32.2. The minimum atomic E-state index is -3.30. The number of nitrogens with zero attached hydrogens (tertiary/aromatic N) is 1. The van der Waals surface area contributed by atoms with Crippen molar-refractivity contribution in [2.45, 2.75) is 43.4 Å². The molecule has 0 unspecified atom stereocenters. The zero-order chi connectivity index (χ0) is 17.8. The molecule has 0 aliphatic heterocycles. The van der Waals surface area contributed by atoms with E-state index >= 15 is 0 Å². The number of sulfone groups is 1. The van der Waals surface area contributed by atoms with Gasteiger partial charge < -0.3 is 4.90 Å². The molecule has 0 N–H and O–H groups in total. The zero-order valence-corrected chi connectivity index (χ0v) is 15.9. The van der Waals surface area contributed by atoms with Gasteiger partial charge in [0.15, 0.2) is 9.84 Å². The average Bonchev–Trinajstić information content (AvgIpc) is 2.51. The van der Waals surface area contributed by atoms with E-state index in [1.807, 2.05) is 11.9 Å². The smallest absolute Gasteiger partial charge is 0.253 e. The van der Waals surface area contributed by atoms with E-state index < -0.39 is 9.84 Å². The first-order chi connectivity index (χ1) is 11.7. The normalized spacial score (nSPS) is 33.4. The van der Waals surface area contributed by atoms with Crippen LogP contribution >= 0.6 is 0 Å². The van der Waals surface area contributed by atoms with Gasteiger partial charge in [-0.3, -0.25) is 4.79 Å². The summed E-state index contributed by atoms with van der Waals surface area (Å²) in [6.07, 6.45) is 9.16. The molecule has 4 fully saturated rings. The molecule has 25 heavy (non-hydrogen) atoms. The van der Waals surface area contributed by atoms with Crippen LogP contribution in [0.2, 0.25) is 0 Å². The van der Waals surface area contributed by atoms with E-state index in [1.54, 1.807) is 18.2 Å². The minimum absolute atomic E-state index is 0.0683. The molecule has 0 radical (unpaired) electrons. The molecule has 1 aromatic rings. The van der Waals surface area contributed by atoms with Gasteiger partial charge in [0.05, 0.1) is 4.90 Å². The lowest BCUT2D eigenvalue weighted by Gasteiger charge is -2.57. The summed E-state index contributed by atoms with van der Waals surface area (Å²) < 4.78 is 23.5. The van der Waals surface area contributed by atoms with Gasteiger partial charge in [-0.15, -0.1) is 0 Å². The Morgan fingerprint density at radius 1 is 1.12 bits per heavy atom. The molecule has 1 aromatic carbocycles. The molecule has 0 atom stereocenters. The van der Waals surface area contributed by atoms with Crippen LogP contribution < -0.4 is 0 Å². The van der Waals surface area contributed by atoms with Crippen LogP contribution in [0, 0.1) is 23.2 Å². The van der Waals surface area contributed by atoms with Crippen molar-refractivity contribution in [3.8, 4) is 0 Å². The van der Waals surface area contributed by atoms with Crippen LogP contribution in [0.25, 0.3) is 0 Å². The summed E-state index contributed by atoms with van der Waals surface area (Å²) in [7, 11) is -1.43. The predicted octanol–water partition coefficient (Wildman–Crippen LogP) is 3.38. The van der Waals surface area contributed by atoms with Crippen LogP contribution in [0.1, 0.15) is 48.9 Å². The van der Waals surface area contributed by atoms with E-state index in [9.17, 15) is 13.2 Å². The minimum Gasteiger partial charge on any atom is -0.341 e. The van der Waals surface area contributed by atoms with E-state index in [-0.39, 0.29) is 10.8 Å². The first kappa shape index (κ1) is 17.1. The molecule has 5 rings (SSSR count). The highest BCUT2D eigenvalue weighted by molar-refractivity contribution is 7.90. The van der Waals surface area contributed by atoms with Gasteiger partial charge in [-0.05, 0) is 79.9 Å². The van der Waals surface area contributed by atoms with Gasteiger partial charge in [-0.25, -0.2) is 8.42 Å². The Balaban J connectivity index is 1.52. The first-order valence-electron chi connectivity index (χ1n) is 9.30. The molecule has 1 amide bonds. The van der Waals surface area contributed by atoms with Gasteiger partial charge in [-0.1, -0.05) is 6.07 Å². The number of carbonyl (C=O) groups excluding carboxylic acids is 1. The van der Waals surface area contributed by atoms with Gasteiger partial charge in [0.2, 0.25) is 0 Å². The molecule has 4 bridgehead atoms. The topological polar surface area (TPSA) is 54.5 Å². The van der Waals surface area contributed by atoms with E-state index in [1.165, 1.54) is 50.8 Å². The fourth-order valence-corrected chi connectivity index (χ4v) is 6.81. The summed E-state index contributed by atoms with van der Waals surface area (Å²) in [5.41, 5.74) is 0.767. The SMILES string of the molecule is CN(CC12CC3CC(CC(C3)C1)C2)C(=O)c1cccc(S(C)(=O)=O)c1. The largest absolute Gasteiger partial charge is 0.341 e. The molecule has 4 saturated carbocycles. The van der Waals surface area contributed by atoms with Crippen molar-refractivity contribution in [3.05, 3.63) is 29.8 Å². The Bertz CT molecular complexity index is 764. The number of benzene rings is 1. The monoisotopic (exact) mass is 361 g/mol. The van der Waals surface area contributed by atoms with Crippen molar-refractivity contribution in [1.29, 1.82) is 0 Å². The van der Waals surface area contributed by atoms with Crippen molar-refractivity contribution < 1.29 is 13.2 Å². The van der Waals surface area contributed by atoms with Crippen molar-refractivity contribution in [3.63, 3.8) is 0 Å². The van der Waals surface area contributed by atoms with Crippen LogP contribution in [-0.2, 0) is 9.84 Å². The number of hydrogen-bond acceptors (Lipinski definition) is 3. The molecule has 4 aliphatic rings. The zero-order valence-electron chi connectivity index (χ0n) is 15.1. The Labute approximate surface area is 150 Å². The first-order valence-corrected chi connectivity index (χ1v) is 11.2. The summed E-state index contributed by atoms with van der Waals surface area (Å²) in [5.74, 6) is 2.52. The molecule has 4 aliphatic carbocycles. The van der Waals surface area contributed by atoms with Crippen LogP contribution in [0.5, 0.6) is 0 Å². The van der Waals surface area contributed by atoms with Gasteiger partial charge in [-0.2, -0.15) is 0 Å². The highest BCUT2D eigenvalue weighted by Crippen LogP contribution is 2.60. The van der Waals surface area contributed by atoms with Crippen LogP contribution in [0.15, 0.2) is 29.2 Å². The summed E-state index contributed by atoms with van der Waals surface area (Å²) in [5, 5.41) is 0.